The van der Waals surface area contributed by atoms with Crippen LogP contribution in [0, 0.1) is 16.0 Å². The van der Waals surface area contributed by atoms with Crippen LogP contribution in [0.25, 0.3) is 0 Å². The summed E-state index contributed by atoms with van der Waals surface area (Å²) in [7, 11) is 1.51. The molecule has 0 saturated carbocycles. The van der Waals surface area contributed by atoms with E-state index < -0.39 is 0 Å². The van der Waals surface area contributed by atoms with E-state index in [1.165, 1.54) is 13.2 Å². The van der Waals surface area contributed by atoms with E-state index in [2.05, 4.69) is 4.90 Å². The van der Waals surface area contributed by atoms with Gasteiger partial charge in [0.15, 0.2) is 0 Å². The number of piperidine rings is 1. The quantitative estimate of drug-likeness (QED) is 0.660. The molecule has 110 valence electrons. The molecule has 1 aromatic carbocycles. The number of nitrogens with zero attached hydrogens (tertiary/aromatic N) is 2. The van der Waals surface area contributed by atoms with Gasteiger partial charge in [-0.15, -0.1) is 0 Å². The number of rotatable bonds is 5. The number of hydrogen-bond acceptors (Lipinski definition) is 5. The third kappa shape index (κ3) is 3.19. The Hall–Kier alpha value is -1.82. The van der Waals surface area contributed by atoms with Gasteiger partial charge in [0.2, 0.25) is 0 Å². The van der Waals surface area contributed by atoms with Gasteiger partial charge in [-0.1, -0.05) is 0 Å². The van der Waals surface area contributed by atoms with Crippen molar-refractivity contribution in [3.8, 4) is 5.75 Å². The monoisotopic (exact) mass is 279 g/mol. The summed E-state index contributed by atoms with van der Waals surface area (Å²) >= 11 is 0. The Morgan fingerprint density at radius 1 is 1.45 bits per heavy atom. The van der Waals surface area contributed by atoms with E-state index in [-0.39, 0.29) is 10.6 Å². The molecule has 2 rings (SSSR count). The Bertz CT molecular complexity index is 471. The number of methoxy groups -OCH3 is 1. The van der Waals surface area contributed by atoms with Crippen molar-refractivity contribution in [2.75, 3.05) is 31.6 Å². The topological polar surface area (TPSA) is 81.6 Å². The van der Waals surface area contributed by atoms with Crippen molar-refractivity contribution in [3.05, 3.63) is 28.3 Å². The van der Waals surface area contributed by atoms with E-state index >= 15 is 0 Å². The van der Waals surface area contributed by atoms with Crippen LogP contribution in [0.3, 0.4) is 0 Å². The summed E-state index contributed by atoms with van der Waals surface area (Å²) in [6.45, 7) is 2.41. The summed E-state index contributed by atoms with van der Waals surface area (Å²) in [5.41, 5.74) is 6.38. The lowest BCUT2D eigenvalue weighted by Gasteiger charge is -2.33. The summed E-state index contributed by atoms with van der Waals surface area (Å²) in [4.78, 5) is 13.0. The second kappa shape index (κ2) is 6.56. The zero-order valence-electron chi connectivity index (χ0n) is 11.7. The molecule has 6 heteroatoms. The van der Waals surface area contributed by atoms with Gasteiger partial charge in [0.05, 0.1) is 18.1 Å². The fourth-order valence-corrected chi connectivity index (χ4v) is 2.74. The number of anilines is 1. The van der Waals surface area contributed by atoms with E-state index in [1.54, 1.807) is 12.1 Å². The zero-order valence-corrected chi connectivity index (χ0v) is 11.7. The summed E-state index contributed by atoms with van der Waals surface area (Å²) in [5, 5.41) is 11.2. The van der Waals surface area contributed by atoms with Crippen LogP contribution >= 0.6 is 0 Å². The summed E-state index contributed by atoms with van der Waals surface area (Å²) < 4.78 is 5.06. The lowest BCUT2D eigenvalue weighted by atomic mass is 9.93. The molecule has 0 aromatic heterocycles. The number of nitro groups is 1. The molecule has 1 aliphatic rings. The lowest BCUT2D eigenvalue weighted by molar-refractivity contribution is -0.384. The fraction of sp³-hybridized carbons (Fsp3) is 0.571. The van der Waals surface area contributed by atoms with Crippen LogP contribution in [0.2, 0.25) is 0 Å². The van der Waals surface area contributed by atoms with Crippen molar-refractivity contribution >= 4 is 11.4 Å². The number of benzene rings is 1. The predicted molar refractivity (Wildman–Crippen MR) is 78.3 cm³/mol. The van der Waals surface area contributed by atoms with Crippen LogP contribution in [0.5, 0.6) is 5.75 Å². The third-order valence-corrected chi connectivity index (χ3v) is 3.91. The van der Waals surface area contributed by atoms with Crippen LogP contribution < -0.4 is 15.4 Å². The highest BCUT2D eigenvalue weighted by atomic mass is 16.6. The smallest absolute Gasteiger partial charge is 0.296 e. The number of nitrogens with two attached hydrogens (primary N) is 1. The van der Waals surface area contributed by atoms with Gasteiger partial charge in [0, 0.05) is 13.1 Å². The van der Waals surface area contributed by atoms with E-state index in [0.717, 1.165) is 32.4 Å². The highest BCUT2D eigenvalue weighted by Gasteiger charge is 2.24. The molecule has 1 aromatic rings. The van der Waals surface area contributed by atoms with Crippen molar-refractivity contribution < 1.29 is 9.66 Å². The van der Waals surface area contributed by atoms with E-state index in [4.69, 9.17) is 10.5 Å². The largest absolute Gasteiger partial charge is 0.496 e. The summed E-state index contributed by atoms with van der Waals surface area (Å²) in [6.07, 6.45) is 3.12. The molecule has 0 bridgehead atoms. The maximum atomic E-state index is 11.2. The van der Waals surface area contributed by atoms with Gasteiger partial charge in [-0.2, -0.15) is 0 Å². The van der Waals surface area contributed by atoms with Crippen LogP contribution in [-0.2, 0) is 0 Å². The fourth-order valence-electron chi connectivity index (χ4n) is 2.74. The Labute approximate surface area is 118 Å². The highest BCUT2D eigenvalue weighted by Crippen LogP contribution is 2.34. The van der Waals surface area contributed by atoms with Crippen LogP contribution in [0.15, 0.2) is 18.2 Å². The molecule has 0 amide bonds. The van der Waals surface area contributed by atoms with Gasteiger partial charge >= 0.3 is 0 Å². The van der Waals surface area contributed by atoms with Gasteiger partial charge in [0.1, 0.15) is 11.4 Å². The normalized spacial score (nSPS) is 16.2. The molecule has 2 N–H and O–H groups in total. The molecular formula is C14H21N3O3. The van der Waals surface area contributed by atoms with Crippen molar-refractivity contribution in [1.29, 1.82) is 0 Å². The average molecular weight is 279 g/mol. The first kappa shape index (κ1) is 14.6. The minimum atomic E-state index is -0.343. The zero-order chi connectivity index (χ0) is 14.5. The molecule has 1 saturated heterocycles. The summed E-state index contributed by atoms with van der Waals surface area (Å²) in [6, 6.07) is 5.04. The molecule has 20 heavy (non-hydrogen) atoms. The SMILES string of the molecule is COc1ccc(N2CCC(CCN)CC2)c([N+](=O)[O-])c1. The van der Waals surface area contributed by atoms with Crippen molar-refractivity contribution in [3.63, 3.8) is 0 Å². The number of hydrogen-bond donors (Lipinski definition) is 1. The molecular weight excluding hydrogens is 258 g/mol. The van der Waals surface area contributed by atoms with E-state index in [1.807, 2.05) is 0 Å². The van der Waals surface area contributed by atoms with Gasteiger partial charge in [-0.3, -0.25) is 10.1 Å². The standard InChI is InChI=1S/C14H21N3O3/c1-20-12-2-3-13(14(10-12)17(18)19)16-8-5-11(4-7-15)6-9-16/h2-3,10-11H,4-9,15H2,1H3. The number of nitro benzene ring substituents is 1. The van der Waals surface area contributed by atoms with Crippen LogP contribution in [0.4, 0.5) is 11.4 Å². The molecule has 1 aliphatic heterocycles. The van der Waals surface area contributed by atoms with E-state index in [0.29, 0.717) is 23.9 Å². The maximum Gasteiger partial charge on any atom is 0.296 e. The third-order valence-electron chi connectivity index (χ3n) is 3.91. The summed E-state index contributed by atoms with van der Waals surface area (Å²) in [5.74, 6) is 1.16. The van der Waals surface area contributed by atoms with Crippen molar-refractivity contribution in [2.24, 2.45) is 11.7 Å². The lowest BCUT2D eigenvalue weighted by Crippen LogP contribution is -2.34. The second-order valence-corrected chi connectivity index (χ2v) is 5.12. The van der Waals surface area contributed by atoms with Crippen molar-refractivity contribution in [1.82, 2.24) is 0 Å². The van der Waals surface area contributed by atoms with E-state index in [9.17, 15) is 10.1 Å². The van der Waals surface area contributed by atoms with Crippen LogP contribution in [-0.4, -0.2) is 31.7 Å². The Balaban J connectivity index is 2.15. The Morgan fingerprint density at radius 3 is 2.70 bits per heavy atom. The van der Waals surface area contributed by atoms with Gasteiger partial charge in [-0.05, 0) is 43.9 Å². The predicted octanol–water partition coefficient (Wildman–Crippen LogP) is 2.17. The van der Waals surface area contributed by atoms with Gasteiger partial charge in [-0.25, -0.2) is 0 Å². The molecule has 0 aliphatic carbocycles. The Morgan fingerprint density at radius 2 is 2.15 bits per heavy atom. The average Bonchev–Trinajstić information content (AvgIpc) is 2.48. The minimum Gasteiger partial charge on any atom is -0.496 e. The molecule has 1 heterocycles. The van der Waals surface area contributed by atoms with Crippen LogP contribution in [0.1, 0.15) is 19.3 Å². The maximum absolute atomic E-state index is 11.2. The molecule has 1 fully saturated rings. The first-order valence-corrected chi connectivity index (χ1v) is 6.93. The molecule has 6 nitrogen and oxygen atoms in total. The Kier molecular flexibility index (Phi) is 4.79. The first-order chi connectivity index (χ1) is 9.65. The highest BCUT2D eigenvalue weighted by molar-refractivity contribution is 5.65. The first-order valence-electron chi connectivity index (χ1n) is 6.93. The van der Waals surface area contributed by atoms with Gasteiger partial charge < -0.3 is 15.4 Å². The molecule has 0 spiro atoms. The second-order valence-electron chi connectivity index (χ2n) is 5.12. The molecule has 0 atom stereocenters. The molecule has 0 radical (unpaired) electrons. The molecule has 0 unspecified atom stereocenters. The van der Waals surface area contributed by atoms with Gasteiger partial charge in [0.25, 0.3) is 5.69 Å². The minimum absolute atomic E-state index is 0.113. The number of ether oxygens (including phenoxy) is 1. The van der Waals surface area contributed by atoms with Crippen molar-refractivity contribution in [2.45, 2.75) is 19.3 Å².